The van der Waals surface area contributed by atoms with E-state index in [0.717, 1.165) is 16.7 Å². The van der Waals surface area contributed by atoms with Crippen molar-refractivity contribution in [3.63, 3.8) is 0 Å². The Kier molecular flexibility index (Phi) is 5.64. The first-order chi connectivity index (χ1) is 12.6. The molecule has 26 heavy (non-hydrogen) atoms. The number of rotatable bonds is 7. The van der Waals surface area contributed by atoms with Gasteiger partial charge in [-0.05, 0) is 59.9 Å². The third-order valence-electron chi connectivity index (χ3n) is 4.14. The zero-order chi connectivity index (χ0) is 18.4. The molecule has 0 aliphatic carbocycles. The molecule has 0 atom stereocenters. The van der Waals surface area contributed by atoms with E-state index in [9.17, 15) is 9.18 Å². The van der Waals surface area contributed by atoms with E-state index in [0.29, 0.717) is 25.2 Å². The highest BCUT2D eigenvalue weighted by molar-refractivity contribution is 5.87. The minimum absolute atomic E-state index is 0.256. The van der Waals surface area contributed by atoms with Gasteiger partial charge in [-0.3, -0.25) is 0 Å². The second kappa shape index (κ2) is 8.30. The summed E-state index contributed by atoms with van der Waals surface area (Å²) in [6, 6.07) is 21.1. The van der Waals surface area contributed by atoms with Gasteiger partial charge in [-0.1, -0.05) is 42.5 Å². The van der Waals surface area contributed by atoms with Crippen LogP contribution in [0.2, 0.25) is 0 Å². The average molecular weight is 350 g/mol. The van der Waals surface area contributed by atoms with Crippen LogP contribution < -0.4 is 4.74 Å². The van der Waals surface area contributed by atoms with Gasteiger partial charge in [0.1, 0.15) is 18.2 Å². The minimum Gasteiger partial charge on any atom is -0.489 e. The Morgan fingerprint density at radius 3 is 2.31 bits per heavy atom. The van der Waals surface area contributed by atoms with Crippen LogP contribution in [0.3, 0.4) is 0 Å². The van der Waals surface area contributed by atoms with Gasteiger partial charge in [0.15, 0.2) is 0 Å². The summed E-state index contributed by atoms with van der Waals surface area (Å²) in [6.07, 6.45) is 1.28. The lowest BCUT2D eigenvalue weighted by molar-refractivity contribution is 0.0697. The number of halogens is 1. The maximum atomic E-state index is 13.7. The smallest absolute Gasteiger partial charge is 0.335 e. The lowest BCUT2D eigenvalue weighted by Gasteiger charge is -2.12. The number of hydrogen-bond donors (Lipinski definition) is 1. The highest BCUT2D eigenvalue weighted by Gasteiger charge is 2.08. The Morgan fingerprint density at radius 2 is 1.62 bits per heavy atom. The zero-order valence-electron chi connectivity index (χ0n) is 14.2. The number of aryl methyl sites for hydroxylation is 2. The molecule has 0 aliphatic rings. The first-order valence-corrected chi connectivity index (χ1v) is 8.39. The minimum atomic E-state index is -0.946. The number of aromatic carboxylic acids is 1. The number of benzene rings is 3. The maximum Gasteiger partial charge on any atom is 0.335 e. The third-order valence-corrected chi connectivity index (χ3v) is 4.14. The summed E-state index contributed by atoms with van der Waals surface area (Å²) in [6.45, 7) is 0.423. The maximum absolute atomic E-state index is 13.7. The standard InChI is InChI=1S/C22H19FO3/c23-20-12-13-21(26-15-17-4-2-1-3-5-17)19(14-20)11-8-16-6-9-18(10-7-16)22(24)25/h1-7,9-10,12-14H,8,11,15H2,(H,24,25). The summed E-state index contributed by atoms with van der Waals surface area (Å²) in [5, 5.41) is 8.95. The van der Waals surface area contributed by atoms with Gasteiger partial charge in [-0.2, -0.15) is 0 Å². The van der Waals surface area contributed by atoms with Gasteiger partial charge in [0.2, 0.25) is 0 Å². The first kappa shape index (κ1) is 17.7. The summed E-state index contributed by atoms with van der Waals surface area (Å²) in [5.41, 5.74) is 3.09. The number of carboxylic acid groups (broad SMARTS) is 1. The summed E-state index contributed by atoms with van der Waals surface area (Å²) in [5.74, 6) is -0.580. The monoisotopic (exact) mass is 350 g/mol. The fourth-order valence-electron chi connectivity index (χ4n) is 2.71. The Hall–Kier alpha value is -3.14. The molecule has 0 aliphatic heterocycles. The highest BCUT2D eigenvalue weighted by atomic mass is 19.1. The lowest BCUT2D eigenvalue weighted by atomic mass is 10.0. The average Bonchev–Trinajstić information content (AvgIpc) is 2.66. The quantitative estimate of drug-likeness (QED) is 0.660. The Bertz CT molecular complexity index is 874. The molecule has 3 aromatic carbocycles. The summed E-state index contributed by atoms with van der Waals surface area (Å²) in [7, 11) is 0. The Labute approximate surface area is 151 Å². The molecule has 3 nitrogen and oxygen atoms in total. The predicted octanol–water partition coefficient (Wildman–Crippen LogP) is 4.89. The summed E-state index contributed by atoms with van der Waals surface area (Å²) < 4.78 is 19.5. The van der Waals surface area contributed by atoms with Gasteiger partial charge in [-0.15, -0.1) is 0 Å². The van der Waals surface area contributed by atoms with Gasteiger partial charge in [-0.25, -0.2) is 9.18 Å². The molecule has 0 fully saturated rings. The highest BCUT2D eigenvalue weighted by Crippen LogP contribution is 2.23. The van der Waals surface area contributed by atoms with Crippen LogP contribution in [-0.4, -0.2) is 11.1 Å². The molecule has 0 saturated carbocycles. The predicted molar refractivity (Wildman–Crippen MR) is 98.0 cm³/mol. The molecule has 0 unspecified atom stereocenters. The van der Waals surface area contributed by atoms with Crippen molar-refractivity contribution >= 4 is 5.97 Å². The zero-order valence-corrected chi connectivity index (χ0v) is 14.2. The molecule has 0 bridgehead atoms. The van der Waals surface area contributed by atoms with E-state index in [2.05, 4.69) is 0 Å². The van der Waals surface area contributed by atoms with Crippen LogP contribution in [0.15, 0.2) is 72.8 Å². The third kappa shape index (κ3) is 4.70. The molecule has 0 amide bonds. The molecule has 0 heterocycles. The normalized spacial score (nSPS) is 10.5. The van der Waals surface area contributed by atoms with Gasteiger partial charge >= 0.3 is 5.97 Å². The fraction of sp³-hybridized carbons (Fsp3) is 0.136. The van der Waals surface area contributed by atoms with Crippen molar-refractivity contribution in [1.29, 1.82) is 0 Å². The fourth-order valence-corrected chi connectivity index (χ4v) is 2.71. The number of carbonyl (C=O) groups is 1. The van der Waals surface area contributed by atoms with E-state index >= 15 is 0 Å². The number of ether oxygens (including phenoxy) is 1. The molecule has 3 rings (SSSR count). The van der Waals surface area contributed by atoms with Gasteiger partial charge in [0, 0.05) is 0 Å². The van der Waals surface area contributed by atoms with E-state index in [-0.39, 0.29) is 11.4 Å². The van der Waals surface area contributed by atoms with E-state index in [1.165, 1.54) is 12.1 Å². The second-order valence-electron chi connectivity index (χ2n) is 6.03. The molecule has 0 aromatic heterocycles. The van der Waals surface area contributed by atoms with E-state index in [4.69, 9.17) is 9.84 Å². The van der Waals surface area contributed by atoms with E-state index < -0.39 is 5.97 Å². The van der Waals surface area contributed by atoms with Crippen molar-refractivity contribution in [2.24, 2.45) is 0 Å². The largest absolute Gasteiger partial charge is 0.489 e. The number of hydrogen-bond acceptors (Lipinski definition) is 2. The molecule has 0 radical (unpaired) electrons. The SMILES string of the molecule is O=C(O)c1ccc(CCc2cc(F)ccc2OCc2ccccc2)cc1. The van der Waals surface area contributed by atoms with Gasteiger partial charge in [0.05, 0.1) is 5.56 Å². The van der Waals surface area contributed by atoms with Crippen molar-refractivity contribution in [1.82, 2.24) is 0 Å². The molecule has 0 saturated heterocycles. The lowest BCUT2D eigenvalue weighted by Crippen LogP contribution is -2.01. The van der Waals surface area contributed by atoms with Crippen LogP contribution in [0.25, 0.3) is 0 Å². The van der Waals surface area contributed by atoms with Crippen LogP contribution in [0, 0.1) is 5.82 Å². The molecule has 1 N–H and O–H groups in total. The van der Waals surface area contributed by atoms with Gasteiger partial charge < -0.3 is 9.84 Å². The van der Waals surface area contributed by atoms with Crippen molar-refractivity contribution < 1.29 is 19.0 Å². The molecule has 0 spiro atoms. The van der Waals surface area contributed by atoms with Crippen molar-refractivity contribution in [2.75, 3.05) is 0 Å². The van der Waals surface area contributed by atoms with Crippen molar-refractivity contribution in [2.45, 2.75) is 19.4 Å². The van der Waals surface area contributed by atoms with Gasteiger partial charge in [0.25, 0.3) is 0 Å². The van der Waals surface area contributed by atoms with Crippen LogP contribution in [0.5, 0.6) is 5.75 Å². The first-order valence-electron chi connectivity index (χ1n) is 8.39. The van der Waals surface area contributed by atoms with E-state index in [1.54, 1.807) is 30.3 Å². The van der Waals surface area contributed by atoms with E-state index in [1.807, 2.05) is 30.3 Å². The molecular formula is C22H19FO3. The molecule has 132 valence electrons. The molecular weight excluding hydrogens is 331 g/mol. The Balaban J connectivity index is 1.68. The van der Waals surface area contributed by atoms with Crippen molar-refractivity contribution in [3.8, 4) is 5.75 Å². The van der Waals surface area contributed by atoms with Crippen molar-refractivity contribution in [3.05, 3.63) is 101 Å². The topological polar surface area (TPSA) is 46.5 Å². The summed E-state index contributed by atoms with van der Waals surface area (Å²) >= 11 is 0. The number of carboxylic acids is 1. The summed E-state index contributed by atoms with van der Waals surface area (Å²) in [4.78, 5) is 10.9. The van der Waals surface area contributed by atoms with Crippen LogP contribution in [0.1, 0.15) is 27.0 Å². The van der Waals surface area contributed by atoms with Crippen LogP contribution in [-0.2, 0) is 19.4 Å². The van der Waals surface area contributed by atoms with Crippen LogP contribution in [0.4, 0.5) is 4.39 Å². The van der Waals surface area contributed by atoms with Crippen LogP contribution >= 0.6 is 0 Å². The molecule has 4 heteroatoms. The second-order valence-corrected chi connectivity index (χ2v) is 6.03. The molecule has 3 aromatic rings. The Morgan fingerprint density at radius 1 is 0.885 bits per heavy atom.